The summed E-state index contributed by atoms with van der Waals surface area (Å²) >= 11 is 0. The van der Waals surface area contributed by atoms with E-state index in [4.69, 9.17) is 0 Å². The van der Waals surface area contributed by atoms with Crippen molar-refractivity contribution < 1.29 is 0 Å². The normalized spacial score (nSPS) is 10.4. The van der Waals surface area contributed by atoms with Gasteiger partial charge in [-0.25, -0.2) is 10.4 Å². The van der Waals surface area contributed by atoms with Gasteiger partial charge in [0.05, 0.1) is 11.0 Å². The fraction of sp³-hybridized carbons (Fsp3) is 0.333. The van der Waals surface area contributed by atoms with Crippen LogP contribution in [0, 0.1) is 0 Å². The number of aromatic nitrogens is 2. The molecule has 84 valence electrons. The summed E-state index contributed by atoms with van der Waals surface area (Å²) in [6.45, 7) is 4.20. The van der Waals surface area contributed by atoms with Gasteiger partial charge in [-0.2, -0.15) is 5.10 Å². The highest BCUT2D eigenvalue weighted by molar-refractivity contribution is 5.84. The first-order chi connectivity index (χ1) is 7.83. The van der Waals surface area contributed by atoms with Crippen molar-refractivity contribution in [2.24, 2.45) is 5.10 Å². The number of hydrogen-bond donors (Lipinski definition) is 2. The molecule has 1 aromatic carbocycles. The van der Waals surface area contributed by atoms with E-state index in [1.165, 1.54) is 0 Å². The fourth-order valence-corrected chi connectivity index (χ4v) is 1.55. The van der Waals surface area contributed by atoms with Crippen LogP contribution in [0.2, 0.25) is 0 Å². The van der Waals surface area contributed by atoms with Gasteiger partial charge in [0.2, 0.25) is 5.95 Å². The van der Waals surface area contributed by atoms with E-state index in [2.05, 4.69) is 34.3 Å². The number of aromatic amines is 1. The van der Waals surface area contributed by atoms with Gasteiger partial charge in [-0.05, 0) is 25.0 Å². The number of para-hydroxylation sites is 2. The molecule has 0 amide bonds. The summed E-state index contributed by atoms with van der Waals surface area (Å²) in [5.74, 6) is 0.695. The first kappa shape index (κ1) is 10.7. The monoisotopic (exact) mass is 216 g/mol. The lowest BCUT2D eigenvalue weighted by Gasteiger charge is -1.99. The van der Waals surface area contributed by atoms with Gasteiger partial charge in [-0.3, -0.25) is 0 Å². The number of fused-ring (bicyclic) bond motifs is 1. The van der Waals surface area contributed by atoms with Crippen molar-refractivity contribution >= 4 is 22.7 Å². The second kappa shape index (κ2) is 4.79. The van der Waals surface area contributed by atoms with Gasteiger partial charge in [-0.1, -0.05) is 26.0 Å². The Morgan fingerprint density at radius 1 is 1.31 bits per heavy atom. The number of rotatable bonds is 4. The molecule has 0 fully saturated rings. The Morgan fingerprint density at radius 3 is 2.75 bits per heavy atom. The molecule has 0 radical (unpaired) electrons. The molecule has 16 heavy (non-hydrogen) atoms. The number of anilines is 1. The molecule has 0 saturated carbocycles. The van der Waals surface area contributed by atoms with Gasteiger partial charge < -0.3 is 4.98 Å². The molecule has 2 rings (SSSR count). The van der Waals surface area contributed by atoms with E-state index in [1.54, 1.807) is 0 Å². The predicted octanol–water partition coefficient (Wildman–Crippen LogP) is 3.15. The van der Waals surface area contributed by atoms with Crippen LogP contribution < -0.4 is 5.43 Å². The highest BCUT2D eigenvalue weighted by atomic mass is 15.4. The second-order valence-electron chi connectivity index (χ2n) is 3.60. The smallest absolute Gasteiger partial charge is 0.222 e. The maximum Gasteiger partial charge on any atom is 0.222 e. The minimum atomic E-state index is 0.695. The average Bonchev–Trinajstić information content (AvgIpc) is 2.73. The highest BCUT2D eigenvalue weighted by Crippen LogP contribution is 2.13. The van der Waals surface area contributed by atoms with Crippen LogP contribution in [0.15, 0.2) is 29.4 Å². The standard InChI is InChI=1S/C12H16N4/c1-3-9(4-2)15-16-12-13-10-7-5-6-8-11(10)14-12/h5-8H,3-4H2,1-2H3,(H2,13,14,16). The zero-order valence-corrected chi connectivity index (χ0v) is 9.62. The van der Waals surface area contributed by atoms with Gasteiger partial charge >= 0.3 is 0 Å². The number of H-pyrrole nitrogens is 1. The summed E-state index contributed by atoms with van der Waals surface area (Å²) in [5, 5.41) is 4.30. The van der Waals surface area contributed by atoms with Crippen LogP contribution in [0.25, 0.3) is 11.0 Å². The van der Waals surface area contributed by atoms with E-state index in [-0.39, 0.29) is 0 Å². The van der Waals surface area contributed by atoms with Gasteiger partial charge in [0, 0.05) is 5.71 Å². The molecular weight excluding hydrogens is 200 g/mol. The molecule has 2 aromatic rings. The average molecular weight is 216 g/mol. The van der Waals surface area contributed by atoms with Gasteiger partial charge in [0.1, 0.15) is 0 Å². The summed E-state index contributed by atoms with van der Waals surface area (Å²) in [7, 11) is 0. The molecule has 0 saturated heterocycles. The van der Waals surface area contributed by atoms with E-state index >= 15 is 0 Å². The van der Waals surface area contributed by atoms with Gasteiger partial charge in [0.15, 0.2) is 0 Å². The maximum atomic E-state index is 4.38. The van der Waals surface area contributed by atoms with E-state index in [9.17, 15) is 0 Å². The number of benzene rings is 1. The lowest BCUT2D eigenvalue weighted by Crippen LogP contribution is -1.99. The predicted molar refractivity (Wildman–Crippen MR) is 67.7 cm³/mol. The third-order valence-corrected chi connectivity index (χ3v) is 2.53. The van der Waals surface area contributed by atoms with Gasteiger partial charge in [-0.15, -0.1) is 0 Å². The molecule has 0 aliphatic rings. The van der Waals surface area contributed by atoms with Crippen molar-refractivity contribution in [3.05, 3.63) is 24.3 Å². The summed E-state index contributed by atoms with van der Waals surface area (Å²) in [6.07, 6.45) is 1.92. The quantitative estimate of drug-likeness (QED) is 0.609. The first-order valence-electron chi connectivity index (χ1n) is 5.59. The Bertz CT molecular complexity index is 459. The number of nitrogens with zero attached hydrogens (tertiary/aromatic N) is 2. The van der Waals surface area contributed by atoms with Crippen LogP contribution in [0.5, 0.6) is 0 Å². The Balaban J connectivity index is 2.18. The lowest BCUT2D eigenvalue weighted by molar-refractivity contribution is 1.11. The van der Waals surface area contributed by atoms with Crippen molar-refractivity contribution in [1.29, 1.82) is 0 Å². The van der Waals surface area contributed by atoms with Crippen molar-refractivity contribution in [3.63, 3.8) is 0 Å². The number of nitrogens with one attached hydrogen (secondary N) is 2. The van der Waals surface area contributed by atoms with Crippen molar-refractivity contribution in [1.82, 2.24) is 9.97 Å². The van der Waals surface area contributed by atoms with Crippen LogP contribution in [0.4, 0.5) is 5.95 Å². The number of imidazole rings is 1. The minimum Gasteiger partial charge on any atom is -0.323 e. The van der Waals surface area contributed by atoms with E-state index in [1.807, 2.05) is 24.3 Å². The molecule has 0 aliphatic carbocycles. The molecule has 0 atom stereocenters. The molecule has 4 nitrogen and oxygen atoms in total. The zero-order valence-electron chi connectivity index (χ0n) is 9.62. The fourth-order valence-electron chi connectivity index (χ4n) is 1.55. The topological polar surface area (TPSA) is 53.1 Å². The lowest BCUT2D eigenvalue weighted by atomic mass is 10.2. The first-order valence-corrected chi connectivity index (χ1v) is 5.59. The molecule has 0 aliphatic heterocycles. The van der Waals surface area contributed by atoms with Crippen LogP contribution >= 0.6 is 0 Å². The Morgan fingerprint density at radius 2 is 2.06 bits per heavy atom. The van der Waals surface area contributed by atoms with E-state index in [0.29, 0.717) is 5.95 Å². The summed E-state index contributed by atoms with van der Waals surface area (Å²) in [4.78, 5) is 7.55. The molecule has 1 aromatic heterocycles. The number of hydrazone groups is 1. The molecule has 0 unspecified atom stereocenters. The van der Waals surface area contributed by atoms with E-state index in [0.717, 1.165) is 29.6 Å². The molecular formula is C12H16N4. The Hall–Kier alpha value is -1.84. The number of hydrogen-bond acceptors (Lipinski definition) is 3. The SMILES string of the molecule is CCC(CC)=NNc1nc2ccccc2[nH]1. The summed E-state index contributed by atoms with van der Waals surface area (Å²) < 4.78 is 0. The Labute approximate surface area is 94.8 Å². The molecule has 4 heteroatoms. The maximum absolute atomic E-state index is 4.38. The zero-order chi connectivity index (χ0) is 11.4. The molecule has 2 N–H and O–H groups in total. The largest absolute Gasteiger partial charge is 0.323 e. The minimum absolute atomic E-state index is 0.695. The third kappa shape index (κ3) is 2.21. The molecule has 0 bridgehead atoms. The summed E-state index contributed by atoms with van der Waals surface area (Å²) in [5.41, 5.74) is 6.07. The highest BCUT2D eigenvalue weighted by Gasteiger charge is 2.00. The van der Waals surface area contributed by atoms with Crippen LogP contribution in [0.3, 0.4) is 0 Å². The van der Waals surface area contributed by atoms with Gasteiger partial charge in [0.25, 0.3) is 0 Å². The van der Waals surface area contributed by atoms with Crippen LogP contribution in [0.1, 0.15) is 26.7 Å². The van der Waals surface area contributed by atoms with Crippen molar-refractivity contribution in [2.75, 3.05) is 5.43 Å². The third-order valence-electron chi connectivity index (χ3n) is 2.53. The Kier molecular flexibility index (Phi) is 3.19. The van der Waals surface area contributed by atoms with Crippen LogP contribution in [-0.4, -0.2) is 15.7 Å². The van der Waals surface area contributed by atoms with Crippen molar-refractivity contribution in [3.8, 4) is 0 Å². The molecule has 0 spiro atoms. The van der Waals surface area contributed by atoms with Crippen LogP contribution in [-0.2, 0) is 0 Å². The second-order valence-corrected chi connectivity index (χ2v) is 3.60. The van der Waals surface area contributed by atoms with E-state index < -0.39 is 0 Å². The summed E-state index contributed by atoms with van der Waals surface area (Å²) in [6, 6.07) is 7.93. The molecule has 1 heterocycles. The van der Waals surface area contributed by atoms with Crippen molar-refractivity contribution in [2.45, 2.75) is 26.7 Å².